The van der Waals surface area contributed by atoms with Crippen LogP contribution < -0.4 is 0 Å². The van der Waals surface area contributed by atoms with Gasteiger partial charge in [-0.25, -0.2) is 14.8 Å². The van der Waals surface area contributed by atoms with Crippen LogP contribution in [0, 0.1) is 6.92 Å². The molecule has 0 radical (unpaired) electrons. The van der Waals surface area contributed by atoms with Gasteiger partial charge in [-0.3, -0.25) is 4.79 Å². The number of carboxylic acids is 1. The Morgan fingerprint density at radius 1 is 1.36 bits per heavy atom. The number of hydrogen-bond donors (Lipinski definition) is 1. The first kappa shape index (κ1) is 19.0. The van der Waals surface area contributed by atoms with Crippen molar-refractivity contribution in [2.75, 3.05) is 13.7 Å². The number of carboxylic acid groups (broad SMARTS) is 1. The van der Waals surface area contributed by atoms with Crippen molar-refractivity contribution in [3.63, 3.8) is 0 Å². The molecule has 0 aromatic carbocycles. The number of thiazole rings is 1. The molecule has 2 aromatic heterocycles. The van der Waals surface area contributed by atoms with Gasteiger partial charge in [0, 0.05) is 19.0 Å². The van der Waals surface area contributed by atoms with Crippen molar-refractivity contribution in [3.8, 4) is 0 Å². The molecule has 1 atom stereocenters. The van der Waals surface area contributed by atoms with Crippen molar-refractivity contribution in [1.29, 1.82) is 0 Å². The van der Waals surface area contributed by atoms with E-state index in [1.54, 1.807) is 14.0 Å². The van der Waals surface area contributed by atoms with Crippen LogP contribution in [0.25, 0.3) is 0 Å². The molecule has 0 aliphatic carbocycles. The van der Waals surface area contributed by atoms with Crippen LogP contribution >= 0.6 is 11.3 Å². The number of aromatic carboxylic acids is 1. The van der Waals surface area contributed by atoms with Gasteiger partial charge in [-0.1, -0.05) is 0 Å². The maximum atomic E-state index is 12.5. The summed E-state index contributed by atoms with van der Waals surface area (Å²) in [6, 6.07) is 2.83. The van der Waals surface area contributed by atoms with Crippen molar-refractivity contribution in [2.45, 2.75) is 33.4 Å². The number of carbonyl (C=O) groups excluding carboxylic acids is 1. The van der Waals surface area contributed by atoms with E-state index in [9.17, 15) is 9.59 Å². The summed E-state index contributed by atoms with van der Waals surface area (Å²) >= 11 is 1.50. The summed E-state index contributed by atoms with van der Waals surface area (Å²) in [4.78, 5) is 33.6. The third-order valence-corrected chi connectivity index (χ3v) is 4.67. The van der Waals surface area contributed by atoms with Crippen molar-refractivity contribution in [3.05, 3.63) is 45.2 Å². The summed E-state index contributed by atoms with van der Waals surface area (Å²) in [5.41, 5.74) is 1.39. The van der Waals surface area contributed by atoms with E-state index in [0.29, 0.717) is 18.8 Å². The predicted octanol–water partition coefficient (Wildman–Crippen LogP) is 2.91. The number of amides is 1. The molecular formula is C17H21N3O4S. The molecule has 134 valence electrons. The van der Waals surface area contributed by atoms with E-state index >= 15 is 0 Å². The molecule has 0 spiro atoms. The smallest absolute Gasteiger partial charge is 0.337 e. The Balaban J connectivity index is 2.08. The summed E-state index contributed by atoms with van der Waals surface area (Å²) < 4.78 is 5.52. The Labute approximate surface area is 150 Å². The molecule has 7 nitrogen and oxygen atoms in total. The zero-order valence-electron chi connectivity index (χ0n) is 14.6. The van der Waals surface area contributed by atoms with Crippen LogP contribution in [0.5, 0.6) is 0 Å². The number of rotatable bonds is 7. The van der Waals surface area contributed by atoms with E-state index in [-0.39, 0.29) is 23.3 Å². The average molecular weight is 363 g/mol. The normalized spacial score (nSPS) is 12.0. The minimum Gasteiger partial charge on any atom is -0.478 e. The second-order valence-corrected chi connectivity index (χ2v) is 6.46. The number of hydrogen-bond acceptors (Lipinski definition) is 6. The molecule has 2 rings (SSSR count). The second kappa shape index (κ2) is 8.17. The number of carbonyl (C=O) groups is 2. The van der Waals surface area contributed by atoms with Gasteiger partial charge < -0.3 is 14.7 Å². The molecule has 1 N–H and O–H groups in total. The standard InChI is InChI=1S/C17H21N3O4S/c1-5-24-11(3)15-19-12(9-25-15)8-20(4)16(21)14-7-6-13(17(22)23)10(2)18-14/h6-7,9,11H,5,8H2,1-4H3,(H,22,23). The Bertz CT molecular complexity index is 775. The summed E-state index contributed by atoms with van der Waals surface area (Å²) in [6.45, 7) is 6.41. The highest BCUT2D eigenvalue weighted by Gasteiger charge is 2.18. The monoisotopic (exact) mass is 363 g/mol. The third-order valence-electron chi connectivity index (χ3n) is 3.62. The van der Waals surface area contributed by atoms with Gasteiger partial charge in [0.1, 0.15) is 16.8 Å². The van der Waals surface area contributed by atoms with Gasteiger partial charge in [-0.05, 0) is 32.9 Å². The van der Waals surface area contributed by atoms with Crippen LogP contribution in [0.2, 0.25) is 0 Å². The quantitative estimate of drug-likeness (QED) is 0.813. The number of aryl methyl sites for hydroxylation is 1. The Kier molecular flexibility index (Phi) is 6.22. The summed E-state index contributed by atoms with van der Waals surface area (Å²) in [5, 5.41) is 11.8. The van der Waals surface area contributed by atoms with Crippen molar-refractivity contribution in [2.24, 2.45) is 0 Å². The minimum absolute atomic E-state index is 0.0716. The zero-order chi connectivity index (χ0) is 18.6. The molecule has 2 aromatic rings. The van der Waals surface area contributed by atoms with Gasteiger partial charge in [-0.2, -0.15) is 0 Å². The van der Waals surface area contributed by atoms with Crippen molar-refractivity contribution in [1.82, 2.24) is 14.9 Å². The zero-order valence-corrected chi connectivity index (χ0v) is 15.5. The fourth-order valence-electron chi connectivity index (χ4n) is 2.32. The molecule has 0 aliphatic rings. The fourth-order valence-corrected chi connectivity index (χ4v) is 3.13. The van der Waals surface area contributed by atoms with Crippen molar-refractivity contribution >= 4 is 23.2 Å². The van der Waals surface area contributed by atoms with E-state index in [0.717, 1.165) is 10.7 Å². The lowest BCUT2D eigenvalue weighted by Crippen LogP contribution is -2.27. The van der Waals surface area contributed by atoms with Gasteiger partial charge in [0.05, 0.1) is 23.5 Å². The van der Waals surface area contributed by atoms with Crippen LogP contribution in [0.4, 0.5) is 0 Å². The summed E-state index contributed by atoms with van der Waals surface area (Å²) in [7, 11) is 1.66. The van der Waals surface area contributed by atoms with Crippen LogP contribution in [0.3, 0.4) is 0 Å². The van der Waals surface area contributed by atoms with Crippen LogP contribution in [-0.2, 0) is 11.3 Å². The van der Waals surface area contributed by atoms with Crippen LogP contribution in [-0.4, -0.2) is 45.5 Å². The maximum Gasteiger partial charge on any atom is 0.337 e. The lowest BCUT2D eigenvalue weighted by atomic mass is 10.2. The van der Waals surface area contributed by atoms with Gasteiger partial charge in [0.15, 0.2) is 0 Å². The molecule has 0 saturated heterocycles. The first-order valence-electron chi connectivity index (χ1n) is 7.85. The number of ether oxygens (including phenoxy) is 1. The Morgan fingerprint density at radius 3 is 2.68 bits per heavy atom. The van der Waals surface area contributed by atoms with Gasteiger partial charge >= 0.3 is 5.97 Å². The average Bonchev–Trinajstić information content (AvgIpc) is 3.02. The first-order valence-corrected chi connectivity index (χ1v) is 8.73. The summed E-state index contributed by atoms with van der Waals surface area (Å²) in [5.74, 6) is -1.34. The molecule has 0 aliphatic heterocycles. The van der Waals surface area contributed by atoms with Gasteiger partial charge in [-0.15, -0.1) is 11.3 Å². The first-order chi connectivity index (χ1) is 11.8. The van der Waals surface area contributed by atoms with Crippen molar-refractivity contribution < 1.29 is 19.4 Å². The molecule has 25 heavy (non-hydrogen) atoms. The van der Waals surface area contributed by atoms with E-state index < -0.39 is 5.97 Å². The highest BCUT2D eigenvalue weighted by Crippen LogP contribution is 2.22. The van der Waals surface area contributed by atoms with E-state index in [1.165, 1.54) is 28.4 Å². The third kappa shape index (κ3) is 4.61. The Morgan fingerprint density at radius 2 is 2.08 bits per heavy atom. The Hall–Kier alpha value is -2.32. The molecule has 0 fully saturated rings. The van der Waals surface area contributed by atoms with Crippen LogP contribution in [0.15, 0.2) is 17.5 Å². The highest BCUT2D eigenvalue weighted by molar-refractivity contribution is 7.09. The van der Waals surface area contributed by atoms with E-state index in [2.05, 4.69) is 9.97 Å². The molecule has 8 heteroatoms. The van der Waals surface area contributed by atoms with E-state index in [1.807, 2.05) is 19.2 Å². The molecule has 1 unspecified atom stereocenters. The van der Waals surface area contributed by atoms with Gasteiger partial charge in [0.2, 0.25) is 0 Å². The maximum absolute atomic E-state index is 12.5. The largest absolute Gasteiger partial charge is 0.478 e. The number of nitrogens with zero attached hydrogens (tertiary/aromatic N) is 3. The molecule has 0 saturated carbocycles. The predicted molar refractivity (Wildman–Crippen MR) is 93.9 cm³/mol. The lowest BCUT2D eigenvalue weighted by molar-refractivity contribution is 0.0692. The molecular weight excluding hydrogens is 342 g/mol. The van der Waals surface area contributed by atoms with Crippen LogP contribution in [0.1, 0.15) is 57.2 Å². The van der Waals surface area contributed by atoms with Gasteiger partial charge in [0.25, 0.3) is 5.91 Å². The second-order valence-electron chi connectivity index (χ2n) is 5.57. The minimum atomic E-state index is -1.06. The highest BCUT2D eigenvalue weighted by atomic mass is 32.1. The number of pyridine rings is 1. The SMILES string of the molecule is CCOC(C)c1nc(CN(C)C(=O)c2ccc(C(=O)O)c(C)n2)cs1. The number of aromatic nitrogens is 2. The molecule has 2 heterocycles. The topological polar surface area (TPSA) is 92.6 Å². The van der Waals surface area contributed by atoms with E-state index in [4.69, 9.17) is 9.84 Å². The molecule has 1 amide bonds. The molecule has 0 bridgehead atoms. The lowest BCUT2D eigenvalue weighted by Gasteiger charge is -2.16. The summed E-state index contributed by atoms with van der Waals surface area (Å²) in [6.07, 6.45) is -0.0716. The fraction of sp³-hybridized carbons (Fsp3) is 0.412.